The number of nitrogens with one attached hydrogen (secondary N) is 2. The van der Waals surface area contributed by atoms with Crippen molar-refractivity contribution in [1.29, 1.82) is 0 Å². The van der Waals surface area contributed by atoms with Gasteiger partial charge in [0, 0.05) is 38.0 Å². The van der Waals surface area contributed by atoms with Crippen LogP contribution in [-0.2, 0) is 14.3 Å². The van der Waals surface area contributed by atoms with Crippen LogP contribution in [0.4, 0.5) is 10.0 Å². The van der Waals surface area contributed by atoms with Gasteiger partial charge in [0.15, 0.2) is 0 Å². The summed E-state index contributed by atoms with van der Waals surface area (Å²) in [6.45, 7) is 5.56. The molecule has 53 heavy (non-hydrogen) atoms. The van der Waals surface area contributed by atoms with E-state index in [0.717, 1.165) is 47.3 Å². The molecule has 0 spiro atoms. The molecular weight excluding hydrogens is 806 g/mol. The van der Waals surface area contributed by atoms with Gasteiger partial charge in [0.05, 0.1) is 78.9 Å². The van der Waals surface area contributed by atoms with Crippen molar-refractivity contribution < 1.29 is 34.1 Å². The second kappa shape index (κ2) is 16.3. The monoisotopic (exact) mass is 838 g/mol. The van der Waals surface area contributed by atoms with Crippen LogP contribution in [0.3, 0.4) is 0 Å². The normalized spacial score (nSPS) is 22.6. The molecule has 2 fully saturated rings. The van der Waals surface area contributed by atoms with Crippen molar-refractivity contribution in [2.45, 2.75) is 23.9 Å². The van der Waals surface area contributed by atoms with E-state index >= 15 is 0 Å². The number of carbonyl (C=O) groups excluding carboxylic acids is 2. The van der Waals surface area contributed by atoms with Crippen molar-refractivity contribution in [3.63, 3.8) is 0 Å². The van der Waals surface area contributed by atoms with E-state index in [4.69, 9.17) is 55.9 Å². The second-order valence-corrected chi connectivity index (χ2v) is 16.5. The Bertz CT molecular complexity index is 2030. The second-order valence-electron chi connectivity index (χ2n) is 12.8. The molecule has 2 amide bonds. The Kier molecular flexibility index (Phi) is 11.8. The Morgan fingerprint density at radius 2 is 1.15 bits per heavy atom. The van der Waals surface area contributed by atoms with Crippen LogP contribution < -0.4 is 20.4 Å². The Hall–Kier alpha value is -3.11. The molecule has 4 atom stereocenters. The Balaban J connectivity index is 0.000000164. The molecule has 8 rings (SSSR count). The lowest BCUT2D eigenvalue weighted by atomic mass is 9.82. The maximum atomic E-state index is 12.5. The van der Waals surface area contributed by atoms with E-state index in [1.807, 2.05) is 18.2 Å². The zero-order valence-electron chi connectivity index (χ0n) is 28.0. The third kappa shape index (κ3) is 7.87. The number of thiophene rings is 2. The average molecular weight is 841 g/mol. The van der Waals surface area contributed by atoms with E-state index in [1.54, 1.807) is 24.3 Å². The molecule has 4 aliphatic heterocycles. The lowest BCUT2D eigenvalue weighted by Gasteiger charge is -2.31. The third-order valence-corrected chi connectivity index (χ3v) is 13.5. The van der Waals surface area contributed by atoms with Crippen molar-refractivity contribution in [3.05, 3.63) is 101 Å². The van der Waals surface area contributed by atoms with Gasteiger partial charge in [-0.25, -0.2) is 4.79 Å². The molecule has 280 valence electrons. The Morgan fingerprint density at radius 1 is 0.698 bits per heavy atom. The Morgan fingerprint density at radius 3 is 1.60 bits per heavy atom. The number of aliphatic hydroxyl groups excluding tert-OH is 1. The molecule has 17 heteroatoms. The highest BCUT2D eigenvalue weighted by Gasteiger charge is 2.41. The molecule has 4 aliphatic rings. The van der Waals surface area contributed by atoms with E-state index in [0.29, 0.717) is 67.4 Å². The molecule has 4 aromatic rings. The first-order valence-corrected chi connectivity index (χ1v) is 20.0. The standard InChI is InChI=1S/C18H16Cl2N2O4S.C18H18Cl2N2O3S/c19-11-2-1-9(7-12(11)20)14-10-8-13(22-3-5-26-6-4-22)27-16(10)17(23)21-15(14)18(24)25;19-12-2-1-10(7-13(12)20)16-11-8-15(22-3-5-25-6-4-22)26-17(11)18(24)21-14(16)9-23/h1-2,7-8,14-15H,3-6H2,(H,21,23)(H,24,25);1-2,7-8,14,16,23H,3-6,9H2,(H,21,24)/t14-,15-;14-,16+/m10/s1. The third-order valence-electron chi connectivity index (χ3n) is 9.63. The van der Waals surface area contributed by atoms with Crippen molar-refractivity contribution in [3.8, 4) is 0 Å². The quantitative estimate of drug-likeness (QED) is 0.175. The predicted molar refractivity (Wildman–Crippen MR) is 209 cm³/mol. The number of hydrogen-bond donors (Lipinski definition) is 4. The van der Waals surface area contributed by atoms with Crippen LogP contribution in [0, 0.1) is 0 Å². The van der Waals surface area contributed by atoms with Crippen LogP contribution in [0.25, 0.3) is 0 Å². The van der Waals surface area contributed by atoms with Crippen LogP contribution in [0.15, 0.2) is 48.5 Å². The maximum absolute atomic E-state index is 12.5. The van der Waals surface area contributed by atoms with Gasteiger partial charge in [-0.05, 0) is 58.7 Å². The van der Waals surface area contributed by atoms with Gasteiger partial charge < -0.3 is 40.1 Å². The van der Waals surface area contributed by atoms with Gasteiger partial charge in [0.25, 0.3) is 11.8 Å². The molecule has 0 aliphatic carbocycles. The van der Waals surface area contributed by atoms with E-state index < -0.39 is 24.0 Å². The number of aliphatic hydroxyl groups is 1. The average Bonchev–Trinajstić information content (AvgIpc) is 3.82. The number of aliphatic carboxylic acids is 1. The number of carboxylic acids is 1. The number of morpholine rings is 2. The number of nitrogens with zero attached hydrogens (tertiary/aromatic N) is 2. The van der Waals surface area contributed by atoms with Crippen LogP contribution >= 0.6 is 69.1 Å². The Labute approximate surface area is 333 Å². The van der Waals surface area contributed by atoms with E-state index in [1.165, 1.54) is 22.7 Å². The number of fused-ring (bicyclic) bond motifs is 2. The van der Waals surface area contributed by atoms with Gasteiger partial charge in [-0.2, -0.15) is 0 Å². The van der Waals surface area contributed by atoms with E-state index in [-0.39, 0.29) is 24.3 Å². The number of carboxylic acid groups (broad SMARTS) is 1. The maximum Gasteiger partial charge on any atom is 0.327 e. The number of hydrogen-bond acceptors (Lipinski definition) is 10. The number of amides is 2. The fourth-order valence-corrected chi connectivity index (χ4v) is 9.97. The number of rotatable bonds is 6. The lowest BCUT2D eigenvalue weighted by Crippen LogP contribution is -2.48. The van der Waals surface area contributed by atoms with Crippen molar-refractivity contribution in [2.24, 2.45) is 0 Å². The highest BCUT2D eigenvalue weighted by molar-refractivity contribution is 7.18. The summed E-state index contributed by atoms with van der Waals surface area (Å²) in [7, 11) is 0. The zero-order valence-corrected chi connectivity index (χ0v) is 32.6. The molecule has 0 bridgehead atoms. The van der Waals surface area contributed by atoms with Crippen molar-refractivity contribution >= 4 is 96.9 Å². The van der Waals surface area contributed by atoms with Crippen molar-refractivity contribution in [1.82, 2.24) is 10.6 Å². The zero-order chi connectivity index (χ0) is 37.4. The molecule has 0 radical (unpaired) electrons. The van der Waals surface area contributed by atoms with Crippen LogP contribution in [0.5, 0.6) is 0 Å². The highest BCUT2D eigenvalue weighted by atomic mass is 35.5. The van der Waals surface area contributed by atoms with Gasteiger partial charge in [-0.15, -0.1) is 22.7 Å². The minimum atomic E-state index is -1.09. The van der Waals surface area contributed by atoms with Gasteiger partial charge in [-0.3, -0.25) is 9.59 Å². The molecule has 0 saturated carbocycles. The van der Waals surface area contributed by atoms with E-state index in [9.17, 15) is 24.6 Å². The van der Waals surface area contributed by atoms with Crippen LogP contribution in [0.1, 0.15) is 53.4 Å². The fourth-order valence-electron chi connectivity index (χ4n) is 7.03. The summed E-state index contributed by atoms with van der Waals surface area (Å²) < 4.78 is 10.8. The van der Waals surface area contributed by atoms with Crippen LogP contribution in [0.2, 0.25) is 20.1 Å². The van der Waals surface area contributed by atoms with Crippen molar-refractivity contribution in [2.75, 3.05) is 69.0 Å². The first kappa shape index (κ1) is 38.2. The minimum absolute atomic E-state index is 0.139. The first-order valence-electron chi connectivity index (χ1n) is 16.8. The summed E-state index contributed by atoms with van der Waals surface area (Å²) in [6, 6.07) is 13.0. The summed E-state index contributed by atoms with van der Waals surface area (Å²) in [5, 5.41) is 28.8. The highest BCUT2D eigenvalue weighted by Crippen LogP contribution is 2.44. The topological polar surface area (TPSA) is 141 Å². The summed E-state index contributed by atoms with van der Waals surface area (Å²) in [5.74, 6) is -2.31. The van der Waals surface area contributed by atoms with Gasteiger partial charge in [0.2, 0.25) is 0 Å². The number of anilines is 2. The molecule has 6 heterocycles. The largest absolute Gasteiger partial charge is 0.480 e. The molecular formula is C36H34Cl4N4O7S2. The number of benzene rings is 2. The summed E-state index contributed by atoms with van der Waals surface area (Å²) in [4.78, 5) is 42.6. The predicted octanol–water partition coefficient (Wildman–Crippen LogP) is 6.35. The minimum Gasteiger partial charge on any atom is -0.480 e. The summed E-state index contributed by atoms with van der Waals surface area (Å²) >= 11 is 27.3. The smallest absolute Gasteiger partial charge is 0.327 e. The van der Waals surface area contributed by atoms with E-state index in [2.05, 4.69) is 26.5 Å². The molecule has 0 unspecified atom stereocenters. The molecule has 2 saturated heterocycles. The lowest BCUT2D eigenvalue weighted by molar-refractivity contribution is -0.139. The fraction of sp³-hybridized carbons (Fsp3) is 0.361. The molecule has 4 N–H and O–H groups in total. The van der Waals surface area contributed by atoms with Gasteiger partial charge in [-0.1, -0.05) is 58.5 Å². The first-order chi connectivity index (χ1) is 25.5. The van der Waals surface area contributed by atoms with Crippen LogP contribution in [-0.4, -0.2) is 99.3 Å². The molecule has 2 aromatic carbocycles. The number of halogens is 4. The molecule has 11 nitrogen and oxygen atoms in total. The summed E-state index contributed by atoms with van der Waals surface area (Å²) in [5.41, 5.74) is 3.25. The SMILES string of the molecule is O=C1N[C@@H](C(=O)O)[C@H](c2ccc(Cl)c(Cl)c2)c2cc(N3CCOCC3)sc21.O=C1N[C@@H](CO)[C@H](c2ccc(Cl)c(Cl)c2)c2cc(N3CCOCC3)sc21. The van der Waals surface area contributed by atoms with Gasteiger partial charge >= 0.3 is 5.97 Å². The number of carbonyl (C=O) groups is 3. The van der Waals surface area contributed by atoms with Gasteiger partial charge in [0.1, 0.15) is 6.04 Å². The number of ether oxygens (including phenoxy) is 2. The summed E-state index contributed by atoms with van der Waals surface area (Å²) in [6.07, 6.45) is 0. The molecule has 2 aromatic heterocycles.